The Morgan fingerprint density at radius 2 is 2.16 bits per heavy atom. The molecule has 0 aliphatic carbocycles. The Morgan fingerprint density at radius 1 is 1.42 bits per heavy atom. The lowest BCUT2D eigenvalue weighted by molar-refractivity contribution is -0.0296. The molecule has 4 nitrogen and oxygen atoms in total. The third kappa shape index (κ3) is 3.75. The fourth-order valence-corrected chi connectivity index (χ4v) is 3.52. The predicted octanol–water partition coefficient (Wildman–Crippen LogP) is 1.77. The first kappa shape index (κ1) is 14.4. The Morgan fingerprint density at radius 3 is 2.79 bits per heavy atom. The number of ether oxygens (including phenoxy) is 1. The van der Waals surface area contributed by atoms with Crippen LogP contribution < -0.4 is 0 Å². The highest BCUT2D eigenvalue weighted by Crippen LogP contribution is 2.18. The van der Waals surface area contributed by atoms with Crippen molar-refractivity contribution in [2.24, 2.45) is 0 Å². The van der Waals surface area contributed by atoms with Gasteiger partial charge in [-0.2, -0.15) is 4.31 Å². The molecule has 0 atom stereocenters. The lowest BCUT2D eigenvalue weighted by atomic mass is 10.2. The molecule has 0 spiro atoms. The van der Waals surface area contributed by atoms with E-state index in [1.807, 2.05) is 6.92 Å². The average molecular weight is 287 g/mol. The second kappa shape index (κ2) is 5.98. The number of sulfonamides is 1. The molecule has 0 aromatic heterocycles. The molecular formula is C13H18FNO3S. The largest absolute Gasteiger partial charge is 0.371 e. The van der Waals surface area contributed by atoms with E-state index in [4.69, 9.17) is 4.74 Å². The van der Waals surface area contributed by atoms with Crippen molar-refractivity contribution in [1.82, 2.24) is 4.31 Å². The van der Waals surface area contributed by atoms with E-state index >= 15 is 0 Å². The molecule has 1 aromatic rings. The van der Waals surface area contributed by atoms with Crippen LogP contribution in [-0.2, 0) is 21.4 Å². The van der Waals surface area contributed by atoms with Gasteiger partial charge >= 0.3 is 0 Å². The van der Waals surface area contributed by atoms with Gasteiger partial charge in [0.2, 0.25) is 10.0 Å². The summed E-state index contributed by atoms with van der Waals surface area (Å²) in [6.45, 7) is 2.95. The van der Waals surface area contributed by atoms with Gasteiger partial charge in [-0.25, -0.2) is 12.8 Å². The Kier molecular flexibility index (Phi) is 4.54. The van der Waals surface area contributed by atoms with E-state index in [9.17, 15) is 12.8 Å². The zero-order valence-electron chi connectivity index (χ0n) is 10.9. The van der Waals surface area contributed by atoms with E-state index in [2.05, 4.69) is 0 Å². The number of benzene rings is 1. The van der Waals surface area contributed by atoms with Gasteiger partial charge in [-0.15, -0.1) is 0 Å². The van der Waals surface area contributed by atoms with Gasteiger partial charge in [-0.3, -0.25) is 0 Å². The quantitative estimate of drug-likeness (QED) is 0.801. The first-order chi connectivity index (χ1) is 9.01. The maximum atomic E-state index is 12.9. The van der Waals surface area contributed by atoms with E-state index in [-0.39, 0.29) is 17.7 Å². The molecule has 0 amide bonds. The van der Waals surface area contributed by atoms with Gasteiger partial charge in [0.15, 0.2) is 0 Å². The SMILES string of the molecule is CCCS(=O)(=O)N1CC(OCc2cccc(F)c2)C1. The van der Waals surface area contributed by atoms with Gasteiger partial charge in [-0.1, -0.05) is 19.1 Å². The van der Waals surface area contributed by atoms with Gasteiger partial charge in [0.1, 0.15) is 5.82 Å². The second-order valence-electron chi connectivity index (χ2n) is 4.70. The van der Waals surface area contributed by atoms with E-state index in [0.717, 1.165) is 5.56 Å². The third-order valence-electron chi connectivity index (χ3n) is 3.04. The monoisotopic (exact) mass is 287 g/mol. The van der Waals surface area contributed by atoms with Gasteiger partial charge in [0.05, 0.1) is 18.5 Å². The van der Waals surface area contributed by atoms with Crippen molar-refractivity contribution in [3.63, 3.8) is 0 Å². The standard InChI is InChI=1S/C13H18FNO3S/c1-2-6-19(16,17)15-8-13(9-15)18-10-11-4-3-5-12(14)7-11/h3-5,7,13H,2,6,8-10H2,1H3. The van der Waals surface area contributed by atoms with Crippen molar-refractivity contribution in [3.05, 3.63) is 35.6 Å². The summed E-state index contributed by atoms with van der Waals surface area (Å²) >= 11 is 0. The summed E-state index contributed by atoms with van der Waals surface area (Å²) in [6.07, 6.45) is 0.531. The molecule has 106 valence electrons. The van der Waals surface area contributed by atoms with Gasteiger partial charge in [0, 0.05) is 13.1 Å². The molecule has 2 rings (SSSR count). The first-order valence-corrected chi connectivity index (χ1v) is 7.96. The third-order valence-corrected chi connectivity index (χ3v) is 5.05. The molecule has 6 heteroatoms. The molecule has 1 aliphatic heterocycles. The van der Waals surface area contributed by atoms with Crippen molar-refractivity contribution < 1.29 is 17.5 Å². The van der Waals surface area contributed by atoms with Crippen LogP contribution in [-0.4, -0.2) is 37.7 Å². The maximum Gasteiger partial charge on any atom is 0.214 e. The fourth-order valence-electron chi connectivity index (χ4n) is 1.96. The van der Waals surface area contributed by atoms with Gasteiger partial charge in [-0.05, 0) is 24.1 Å². The Labute approximate surface area is 113 Å². The number of hydrogen-bond acceptors (Lipinski definition) is 3. The van der Waals surface area contributed by atoms with Gasteiger partial charge in [0.25, 0.3) is 0 Å². The van der Waals surface area contributed by atoms with Crippen LogP contribution in [0.5, 0.6) is 0 Å². The summed E-state index contributed by atoms with van der Waals surface area (Å²) in [5.74, 6) is -0.106. The molecule has 1 aliphatic rings. The summed E-state index contributed by atoms with van der Waals surface area (Å²) in [5, 5.41) is 0. The molecule has 0 unspecified atom stereocenters. The van der Waals surface area contributed by atoms with Crippen molar-refractivity contribution >= 4 is 10.0 Å². The molecule has 0 saturated carbocycles. The van der Waals surface area contributed by atoms with Crippen LogP contribution in [0, 0.1) is 5.82 Å². The number of nitrogens with zero attached hydrogens (tertiary/aromatic N) is 1. The van der Waals surface area contributed by atoms with Crippen LogP contribution in [0.2, 0.25) is 0 Å². The van der Waals surface area contributed by atoms with Crippen LogP contribution in [0.1, 0.15) is 18.9 Å². The topological polar surface area (TPSA) is 46.6 Å². The molecular weight excluding hydrogens is 269 g/mol. The number of rotatable bonds is 6. The van der Waals surface area contributed by atoms with E-state index in [1.165, 1.54) is 16.4 Å². The lowest BCUT2D eigenvalue weighted by Crippen LogP contribution is -2.55. The maximum absolute atomic E-state index is 12.9. The average Bonchev–Trinajstić information content (AvgIpc) is 2.26. The van der Waals surface area contributed by atoms with E-state index in [1.54, 1.807) is 12.1 Å². The zero-order chi connectivity index (χ0) is 13.9. The molecule has 1 heterocycles. The Bertz CT molecular complexity index is 526. The molecule has 0 bridgehead atoms. The molecule has 0 N–H and O–H groups in total. The van der Waals surface area contributed by atoms with E-state index in [0.29, 0.717) is 26.1 Å². The van der Waals surface area contributed by atoms with Crippen LogP contribution in [0.3, 0.4) is 0 Å². The van der Waals surface area contributed by atoms with Crippen LogP contribution >= 0.6 is 0 Å². The minimum absolute atomic E-state index is 0.0881. The smallest absolute Gasteiger partial charge is 0.214 e. The minimum atomic E-state index is -3.10. The van der Waals surface area contributed by atoms with Crippen LogP contribution in [0.15, 0.2) is 24.3 Å². The molecule has 1 fully saturated rings. The van der Waals surface area contributed by atoms with Crippen molar-refractivity contribution in [1.29, 1.82) is 0 Å². The Hall–Kier alpha value is -0.980. The van der Waals surface area contributed by atoms with E-state index < -0.39 is 10.0 Å². The molecule has 1 saturated heterocycles. The summed E-state index contributed by atoms with van der Waals surface area (Å²) in [7, 11) is -3.10. The van der Waals surface area contributed by atoms with Crippen LogP contribution in [0.25, 0.3) is 0 Å². The highest BCUT2D eigenvalue weighted by Gasteiger charge is 2.35. The first-order valence-electron chi connectivity index (χ1n) is 6.35. The number of halogens is 1. The number of hydrogen-bond donors (Lipinski definition) is 0. The minimum Gasteiger partial charge on any atom is -0.371 e. The van der Waals surface area contributed by atoms with Gasteiger partial charge < -0.3 is 4.74 Å². The molecule has 1 aromatic carbocycles. The summed E-state index contributed by atoms with van der Waals surface area (Å²) in [6, 6.07) is 6.22. The predicted molar refractivity (Wildman–Crippen MR) is 70.6 cm³/mol. The fraction of sp³-hybridized carbons (Fsp3) is 0.538. The van der Waals surface area contributed by atoms with Crippen molar-refractivity contribution in [3.8, 4) is 0 Å². The van der Waals surface area contributed by atoms with Crippen molar-refractivity contribution in [2.45, 2.75) is 26.1 Å². The second-order valence-corrected chi connectivity index (χ2v) is 6.78. The highest BCUT2D eigenvalue weighted by atomic mass is 32.2. The zero-order valence-corrected chi connectivity index (χ0v) is 11.7. The Balaban J connectivity index is 1.77. The normalized spacial score (nSPS) is 17.4. The molecule has 19 heavy (non-hydrogen) atoms. The van der Waals surface area contributed by atoms with Crippen LogP contribution in [0.4, 0.5) is 4.39 Å². The molecule has 0 radical (unpaired) electrons. The van der Waals surface area contributed by atoms with Crippen molar-refractivity contribution in [2.75, 3.05) is 18.8 Å². The lowest BCUT2D eigenvalue weighted by Gasteiger charge is -2.37. The summed E-state index contributed by atoms with van der Waals surface area (Å²) in [5.41, 5.74) is 0.759. The summed E-state index contributed by atoms with van der Waals surface area (Å²) in [4.78, 5) is 0. The summed E-state index contributed by atoms with van der Waals surface area (Å²) < 4.78 is 43.3. The highest BCUT2D eigenvalue weighted by molar-refractivity contribution is 7.89.